The van der Waals surface area contributed by atoms with Crippen LogP contribution >= 0.6 is 27.7 Å². The van der Waals surface area contributed by atoms with Gasteiger partial charge in [0.1, 0.15) is 11.6 Å². The number of ether oxygens (including phenoxy) is 1. The highest BCUT2D eigenvalue weighted by atomic mass is 79.9. The lowest BCUT2D eigenvalue weighted by atomic mass is 10.2. The Labute approximate surface area is 158 Å². The molecule has 4 nitrogen and oxygen atoms in total. The molecule has 0 spiro atoms. The van der Waals surface area contributed by atoms with Crippen molar-refractivity contribution in [3.05, 3.63) is 58.3 Å². The van der Waals surface area contributed by atoms with Crippen molar-refractivity contribution in [2.45, 2.75) is 6.92 Å². The van der Waals surface area contributed by atoms with Crippen LogP contribution in [0.5, 0.6) is 5.75 Å². The second-order valence-electron chi connectivity index (χ2n) is 5.44. The van der Waals surface area contributed by atoms with Crippen LogP contribution in [0, 0.1) is 12.7 Å². The summed E-state index contributed by atoms with van der Waals surface area (Å²) in [6.07, 6.45) is 0. The van der Waals surface area contributed by atoms with Crippen LogP contribution in [-0.2, 0) is 4.79 Å². The van der Waals surface area contributed by atoms with Crippen LogP contribution in [0.2, 0.25) is 0 Å². The molecular weight excluding hydrogens is 407 g/mol. The Balaban J connectivity index is 1.69. The lowest BCUT2D eigenvalue weighted by molar-refractivity contribution is -0.129. The minimum atomic E-state index is -0.367. The minimum Gasteiger partial charge on any atom is -0.483 e. The molecule has 130 valence electrons. The molecule has 0 N–H and O–H groups in total. The van der Waals surface area contributed by atoms with E-state index in [9.17, 15) is 9.18 Å². The highest BCUT2D eigenvalue weighted by Gasteiger charge is 2.26. The van der Waals surface area contributed by atoms with Crippen molar-refractivity contribution in [1.82, 2.24) is 4.90 Å². The SMILES string of the molecule is Cc1ccccc1N=C1SCCN1C(=O)COc1ccc(F)cc1Br. The van der Waals surface area contributed by atoms with Crippen molar-refractivity contribution in [3.8, 4) is 5.75 Å². The number of carbonyl (C=O) groups is 1. The molecule has 1 fully saturated rings. The molecule has 3 rings (SSSR count). The van der Waals surface area contributed by atoms with Crippen LogP contribution in [0.15, 0.2) is 51.9 Å². The average Bonchev–Trinajstić information content (AvgIpc) is 3.04. The molecule has 1 aliphatic rings. The number of aliphatic imine (C=N–C) groups is 1. The molecule has 0 saturated carbocycles. The summed E-state index contributed by atoms with van der Waals surface area (Å²) in [4.78, 5) is 18.7. The third-order valence-electron chi connectivity index (χ3n) is 3.65. The summed E-state index contributed by atoms with van der Waals surface area (Å²) in [6.45, 7) is 2.46. The Morgan fingerprint density at radius 3 is 2.92 bits per heavy atom. The number of halogens is 2. The summed E-state index contributed by atoms with van der Waals surface area (Å²) in [5, 5.41) is 0.682. The number of amidine groups is 1. The first-order valence-electron chi connectivity index (χ1n) is 7.70. The summed E-state index contributed by atoms with van der Waals surface area (Å²) >= 11 is 4.78. The third-order valence-corrected chi connectivity index (χ3v) is 5.23. The van der Waals surface area contributed by atoms with E-state index < -0.39 is 0 Å². The highest BCUT2D eigenvalue weighted by Crippen LogP contribution is 2.27. The number of carbonyl (C=O) groups excluding carboxylic acids is 1. The first-order chi connectivity index (χ1) is 12.0. The van der Waals surface area contributed by atoms with Gasteiger partial charge in [0.05, 0.1) is 10.2 Å². The number of nitrogens with zero attached hydrogens (tertiary/aromatic N) is 2. The highest BCUT2D eigenvalue weighted by molar-refractivity contribution is 9.10. The maximum absolute atomic E-state index is 13.1. The number of aryl methyl sites for hydroxylation is 1. The molecule has 0 bridgehead atoms. The fourth-order valence-corrected chi connectivity index (χ4v) is 3.76. The molecule has 2 aromatic carbocycles. The average molecular weight is 423 g/mol. The van der Waals surface area contributed by atoms with Crippen LogP contribution in [0.4, 0.5) is 10.1 Å². The molecule has 1 aliphatic heterocycles. The van der Waals surface area contributed by atoms with Gasteiger partial charge in [-0.1, -0.05) is 30.0 Å². The number of hydrogen-bond donors (Lipinski definition) is 0. The summed E-state index contributed by atoms with van der Waals surface area (Å²) < 4.78 is 19.1. The van der Waals surface area contributed by atoms with Gasteiger partial charge in [-0.05, 0) is 52.7 Å². The van der Waals surface area contributed by atoms with E-state index in [0.29, 0.717) is 21.9 Å². The molecule has 0 aromatic heterocycles. The fourth-order valence-electron chi connectivity index (χ4n) is 2.33. The van der Waals surface area contributed by atoms with E-state index >= 15 is 0 Å². The van der Waals surface area contributed by atoms with Crippen LogP contribution in [0.1, 0.15) is 5.56 Å². The Hall–Kier alpha value is -1.86. The molecule has 0 unspecified atom stereocenters. The Morgan fingerprint density at radius 1 is 1.36 bits per heavy atom. The Kier molecular flexibility index (Phi) is 5.75. The van der Waals surface area contributed by atoms with Crippen molar-refractivity contribution in [2.24, 2.45) is 4.99 Å². The van der Waals surface area contributed by atoms with Gasteiger partial charge in [0.25, 0.3) is 5.91 Å². The minimum absolute atomic E-state index is 0.127. The first-order valence-corrected chi connectivity index (χ1v) is 9.48. The van der Waals surface area contributed by atoms with Crippen molar-refractivity contribution < 1.29 is 13.9 Å². The van der Waals surface area contributed by atoms with E-state index in [4.69, 9.17) is 4.74 Å². The zero-order valence-electron chi connectivity index (χ0n) is 13.5. The summed E-state index contributed by atoms with van der Waals surface area (Å²) in [5.74, 6) is 0.693. The smallest absolute Gasteiger partial charge is 0.266 e. The van der Waals surface area contributed by atoms with Gasteiger partial charge >= 0.3 is 0 Å². The lowest BCUT2D eigenvalue weighted by Gasteiger charge is -2.17. The van der Waals surface area contributed by atoms with Gasteiger partial charge in [-0.25, -0.2) is 9.38 Å². The van der Waals surface area contributed by atoms with E-state index in [-0.39, 0.29) is 18.3 Å². The van der Waals surface area contributed by atoms with Crippen molar-refractivity contribution in [2.75, 3.05) is 18.9 Å². The van der Waals surface area contributed by atoms with E-state index in [1.54, 1.807) is 16.7 Å². The predicted octanol–water partition coefficient (Wildman–Crippen LogP) is 4.54. The van der Waals surface area contributed by atoms with Crippen LogP contribution in [-0.4, -0.2) is 34.9 Å². The molecule has 1 amide bonds. The van der Waals surface area contributed by atoms with Crippen molar-refractivity contribution >= 4 is 44.5 Å². The predicted molar refractivity (Wildman–Crippen MR) is 102 cm³/mol. The molecule has 2 aromatic rings. The number of hydrogen-bond acceptors (Lipinski definition) is 4. The molecule has 25 heavy (non-hydrogen) atoms. The van der Waals surface area contributed by atoms with E-state index in [0.717, 1.165) is 17.0 Å². The molecule has 7 heteroatoms. The number of para-hydroxylation sites is 1. The van der Waals surface area contributed by atoms with Crippen LogP contribution < -0.4 is 4.74 Å². The number of thioether (sulfide) groups is 1. The molecule has 1 heterocycles. The molecule has 0 radical (unpaired) electrons. The molecule has 0 aliphatic carbocycles. The zero-order valence-corrected chi connectivity index (χ0v) is 15.9. The summed E-state index contributed by atoms with van der Waals surface area (Å²) in [6, 6.07) is 11.9. The Morgan fingerprint density at radius 2 is 2.16 bits per heavy atom. The number of amides is 1. The number of benzene rings is 2. The van der Waals surface area contributed by atoms with Crippen molar-refractivity contribution in [3.63, 3.8) is 0 Å². The normalized spacial score (nSPS) is 15.6. The first kappa shape index (κ1) is 17.9. The van der Waals surface area contributed by atoms with Crippen molar-refractivity contribution in [1.29, 1.82) is 0 Å². The fraction of sp³-hybridized carbons (Fsp3) is 0.222. The summed E-state index contributed by atoms with van der Waals surface area (Å²) in [5.41, 5.74) is 1.91. The standard InChI is InChI=1S/C18H16BrFN2O2S/c1-12-4-2-3-5-15(12)21-18-22(8-9-25-18)17(23)11-24-16-7-6-13(20)10-14(16)19/h2-7,10H,8-9,11H2,1H3. The monoisotopic (exact) mass is 422 g/mol. The van der Waals surface area contributed by atoms with E-state index in [1.807, 2.05) is 31.2 Å². The van der Waals surface area contributed by atoms with Gasteiger partial charge in [-0.3, -0.25) is 9.69 Å². The second kappa shape index (κ2) is 8.01. The van der Waals surface area contributed by atoms with Crippen LogP contribution in [0.3, 0.4) is 0 Å². The van der Waals surface area contributed by atoms with E-state index in [2.05, 4.69) is 20.9 Å². The lowest BCUT2D eigenvalue weighted by Crippen LogP contribution is -2.35. The van der Waals surface area contributed by atoms with Gasteiger partial charge < -0.3 is 4.74 Å². The van der Waals surface area contributed by atoms with Gasteiger partial charge in [-0.2, -0.15) is 0 Å². The summed E-state index contributed by atoms with van der Waals surface area (Å²) in [7, 11) is 0. The van der Waals surface area contributed by atoms with Gasteiger partial charge in [0.15, 0.2) is 11.8 Å². The van der Waals surface area contributed by atoms with Gasteiger partial charge in [0, 0.05) is 12.3 Å². The maximum Gasteiger partial charge on any atom is 0.266 e. The molecule has 0 atom stereocenters. The number of rotatable bonds is 4. The molecular formula is C18H16BrFN2O2S. The zero-order chi connectivity index (χ0) is 17.8. The molecule has 1 saturated heterocycles. The van der Waals surface area contributed by atoms with Crippen LogP contribution in [0.25, 0.3) is 0 Å². The largest absolute Gasteiger partial charge is 0.483 e. The Bertz CT molecular complexity index is 828. The van der Waals surface area contributed by atoms with Gasteiger partial charge in [-0.15, -0.1) is 0 Å². The maximum atomic E-state index is 13.1. The quantitative estimate of drug-likeness (QED) is 0.726. The third kappa shape index (κ3) is 4.41. The topological polar surface area (TPSA) is 41.9 Å². The van der Waals surface area contributed by atoms with E-state index in [1.165, 1.54) is 18.2 Å². The van der Waals surface area contributed by atoms with Gasteiger partial charge in [0.2, 0.25) is 0 Å². The second-order valence-corrected chi connectivity index (χ2v) is 7.35.